The Kier molecular flexibility index (Phi) is 12.5. The van der Waals surface area contributed by atoms with Gasteiger partial charge in [0, 0.05) is 6.42 Å². The average Bonchev–Trinajstić information content (AvgIpc) is 2.70. The van der Waals surface area contributed by atoms with E-state index in [2.05, 4.69) is 16.0 Å². The normalized spacial score (nSPS) is 15.4. The van der Waals surface area contributed by atoms with E-state index in [1.54, 1.807) is 13.8 Å². The monoisotopic (exact) mass is 460 g/mol. The summed E-state index contributed by atoms with van der Waals surface area (Å²) in [5, 5.41) is 24.9. The maximum atomic E-state index is 12.8. The Labute approximate surface area is 184 Å². The van der Waals surface area contributed by atoms with Gasteiger partial charge in [0.1, 0.15) is 18.1 Å². The Hall–Kier alpha value is -3.26. The van der Waals surface area contributed by atoms with Gasteiger partial charge in [-0.05, 0) is 12.3 Å². The third kappa shape index (κ3) is 10.2. The molecule has 0 aliphatic carbocycles. The van der Waals surface area contributed by atoms with Gasteiger partial charge in [-0.2, -0.15) is 0 Å². The Balaban J connectivity index is 5.55. The van der Waals surface area contributed by atoms with E-state index in [4.69, 9.17) is 27.4 Å². The van der Waals surface area contributed by atoms with Gasteiger partial charge in [-0.15, -0.1) is 0 Å². The molecule has 0 aliphatic rings. The van der Waals surface area contributed by atoms with Crippen molar-refractivity contribution in [1.29, 1.82) is 0 Å². The van der Waals surface area contributed by atoms with Gasteiger partial charge in [0.25, 0.3) is 0 Å². The van der Waals surface area contributed by atoms with Crippen LogP contribution in [-0.2, 0) is 28.8 Å². The number of carboxylic acids is 1. The molecule has 5 amide bonds. The number of aliphatic hydroxyl groups excluding tert-OH is 1. The van der Waals surface area contributed by atoms with E-state index >= 15 is 0 Å². The fraction of sp³-hybridized carbons (Fsp3) is 0.667. The first kappa shape index (κ1) is 28.7. The van der Waals surface area contributed by atoms with Gasteiger partial charge in [-0.1, -0.05) is 20.3 Å². The second-order valence-corrected chi connectivity index (χ2v) is 7.30. The lowest BCUT2D eigenvalue weighted by atomic mass is 9.97. The molecule has 0 saturated heterocycles. The number of hydrogen-bond donors (Lipinski definition) is 8. The molecule has 0 aliphatic heterocycles. The van der Waals surface area contributed by atoms with Crippen molar-refractivity contribution in [3.8, 4) is 0 Å². The van der Waals surface area contributed by atoms with Crippen LogP contribution in [0.5, 0.6) is 0 Å². The van der Waals surface area contributed by atoms with Crippen molar-refractivity contribution >= 4 is 35.5 Å². The third-order valence-electron chi connectivity index (χ3n) is 4.66. The van der Waals surface area contributed by atoms with Gasteiger partial charge in [0.05, 0.1) is 19.1 Å². The van der Waals surface area contributed by atoms with Crippen LogP contribution in [0.15, 0.2) is 0 Å². The quantitative estimate of drug-likeness (QED) is 0.118. The van der Waals surface area contributed by atoms with Crippen molar-refractivity contribution in [1.82, 2.24) is 16.0 Å². The summed E-state index contributed by atoms with van der Waals surface area (Å²) in [6.45, 7) is 2.49. The van der Waals surface area contributed by atoms with Crippen molar-refractivity contribution in [3.05, 3.63) is 0 Å². The van der Waals surface area contributed by atoms with E-state index in [0.29, 0.717) is 6.42 Å². The smallest absolute Gasteiger partial charge is 0.328 e. The lowest BCUT2D eigenvalue weighted by molar-refractivity contribution is -0.143. The SMILES string of the molecule is CCC(C)C(NC(=O)C(CCC(N)=O)NC(=O)C(N)CC(N)=O)C(=O)NC(CO)C(=O)O. The summed E-state index contributed by atoms with van der Waals surface area (Å²) in [7, 11) is 0. The highest BCUT2D eigenvalue weighted by Crippen LogP contribution is 2.10. The number of nitrogens with one attached hydrogen (secondary N) is 3. The molecule has 0 aromatic rings. The predicted molar refractivity (Wildman–Crippen MR) is 110 cm³/mol. The minimum absolute atomic E-state index is 0.223. The number of hydrogen-bond acceptors (Lipinski definition) is 8. The fourth-order valence-electron chi connectivity index (χ4n) is 2.55. The van der Waals surface area contributed by atoms with E-state index in [1.165, 1.54) is 0 Å². The number of carbonyl (C=O) groups is 6. The second kappa shape index (κ2) is 13.9. The number of primary amides is 2. The van der Waals surface area contributed by atoms with E-state index in [9.17, 15) is 28.8 Å². The number of carbonyl (C=O) groups excluding carboxylic acids is 5. The van der Waals surface area contributed by atoms with E-state index in [1.807, 2.05) is 0 Å². The topological polar surface area (TPSA) is 257 Å². The summed E-state index contributed by atoms with van der Waals surface area (Å²) in [5.74, 6) is -6.12. The molecule has 14 nitrogen and oxygen atoms in total. The van der Waals surface area contributed by atoms with E-state index < -0.39 is 78.6 Å². The summed E-state index contributed by atoms with van der Waals surface area (Å²) >= 11 is 0. The molecule has 32 heavy (non-hydrogen) atoms. The molecule has 182 valence electrons. The van der Waals surface area contributed by atoms with Crippen LogP contribution >= 0.6 is 0 Å². The molecule has 5 atom stereocenters. The van der Waals surface area contributed by atoms with Gasteiger partial charge in [-0.25, -0.2) is 4.79 Å². The Morgan fingerprint density at radius 1 is 0.875 bits per heavy atom. The summed E-state index contributed by atoms with van der Waals surface area (Å²) in [6, 6.07) is -5.47. The molecule has 0 bridgehead atoms. The zero-order valence-corrected chi connectivity index (χ0v) is 18.0. The van der Waals surface area contributed by atoms with Crippen molar-refractivity contribution in [3.63, 3.8) is 0 Å². The standard InChI is InChI=1S/C18H32N6O8/c1-3-8(2)14(17(30)23-11(7-25)18(31)32)24-16(29)10(4-5-12(20)26)22-15(28)9(19)6-13(21)27/h8-11,14,25H,3-7,19H2,1-2H3,(H2,20,26)(H2,21,27)(H,22,28)(H,23,30)(H,24,29)(H,31,32). The summed E-state index contributed by atoms with van der Waals surface area (Å²) in [6.07, 6.45) is -0.572. The number of carboxylic acid groups (broad SMARTS) is 1. The summed E-state index contributed by atoms with van der Waals surface area (Å²) < 4.78 is 0. The number of aliphatic carboxylic acids is 1. The molecule has 0 spiro atoms. The lowest BCUT2D eigenvalue weighted by Gasteiger charge is -2.27. The number of rotatable bonds is 15. The van der Waals surface area contributed by atoms with Crippen LogP contribution in [0.3, 0.4) is 0 Å². The molecular weight excluding hydrogens is 428 g/mol. The van der Waals surface area contributed by atoms with Gasteiger partial charge in [-0.3, -0.25) is 24.0 Å². The van der Waals surface area contributed by atoms with Crippen molar-refractivity contribution in [2.45, 2.75) is 63.7 Å². The molecule has 0 radical (unpaired) electrons. The van der Waals surface area contributed by atoms with Crippen LogP contribution in [0.1, 0.15) is 39.5 Å². The molecule has 0 fully saturated rings. The predicted octanol–water partition coefficient (Wildman–Crippen LogP) is -3.97. The van der Waals surface area contributed by atoms with Gasteiger partial charge in [0.2, 0.25) is 29.5 Å². The zero-order valence-electron chi connectivity index (χ0n) is 18.0. The van der Waals surface area contributed by atoms with Crippen LogP contribution in [-0.4, -0.2) is 76.5 Å². The Bertz CT molecular complexity index is 716. The lowest BCUT2D eigenvalue weighted by Crippen LogP contribution is -2.59. The van der Waals surface area contributed by atoms with Gasteiger partial charge >= 0.3 is 5.97 Å². The number of aliphatic hydroxyl groups is 1. The maximum absolute atomic E-state index is 12.8. The summed E-state index contributed by atoms with van der Waals surface area (Å²) in [5.41, 5.74) is 15.7. The largest absolute Gasteiger partial charge is 0.480 e. The van der Waals surface area contributed by atoms with Gasteiger partial charge in [0.15, 0.2) is 0 Å². The molecule has 11 N–H and O–H groups in total. The molecular formula is C18H32N6O8. The number of nitrogens with two attached hydrogens (primary N) is 3. The minimum Gasteiger partial charge on any atom is -0.480 e. The molecule has 0 saturated carbocycles. The average molecular weight is 460 g/mol. The van der Waals surface area contributed by atoms with Crippen LogP contribution in [0.25, 0.3) is 0 Å². The van der Waals surface area contributed by atoms with Crippen LogP contribution in [0.4, 0.5) is 0 Å². The van der Waals surface area contributed by atoms with Crippen molar-refractivity contribution < 1.29 is 39.0 Å². The fourth-order valence-corrected chi connectivity index (χ4v) is 2.55. The Morgan fingerprint density at radius 2 is 1.44 bits per heavy atom. The highest BCUT2D eigenvalue weighted by molar-refractivity contribution is 5.95. The first-order valence-electron chi connectivity index (χ1n) is 9.90. The Morgan fingerprint density at radius 3 is 1.88 bits per heavy atom. The molecule has 0 aromatic carbocycles. The van der Waals surface area contributed by atoms with Crippen LogP contribution < -0.4 is 33.2 Å². The molecule has 0 rings (SSSR count). The summed E-state index contributed by atoms with van der Waals surface area (Å²) in [4.78, 5) is 70.7. The van der Waals surface area contributed by atoms with Crippen LogP contribution in [0.2, 0.25) is 0 Å². The minimum atomic E-state index is -1.58. The molecule has 0 aromatic heterocycles. The van der Waals surface area contributed by atoms with Gasteiger partial charge < -0.3 is 43.4 Å². The first-order valence-corrected chi connectivity index (χ1v) is 9.90. The second-order valence-electron chi connectivity index (χ2n) is 7.30. The maximum Gasteiger partial charge on any atom is 0.328 e. The first-order chi connectivity index (χ1) is 14.8. The number of amides is 5. The molecule has 0 heterocycles. The highest BCUT2D eigenvalue weighted by atomic mass is 16.4. The van der Waals surface area contributed by atoms with E-state index in [0.717, 1.165) is 0 Å². The van der Waals surface area contributed by atoms with Crippen LogP contribution in [0, 0.1) is 5.92 Å². The highest BCUT2D eigenvalue weighted by Gasteiger charge is 2.32. The van der Waals surface area contributed by atoms with E-state index in [-0.39, 0.29) is 12.8 Å². The third-order valence-corrected chi connectivity index (χ3v) is 4.66. The molecule has 5 unspecified atom stereocenters. The zero-order chi connectivity index (χ0) is 25.0. The van der Waals surface area contributed by atoms with Crippen molar-refractivity contribution in [2.24, 2.45) is 23.1 Å². The van der Waals surface area contributed by atoms with Crippen molar-refractivity contribution in [2.75, 3.05) is 6.61 Å². The molecule has 14 heteroatoms.